The molecule has 0 radical (unpaired) electrons. The van der Waals surface area contributed by atoms with Crippen molar-refractivity contribution in [3.63, 3.8) is 0 Å². The number of aliphatic hydroxyl groups excluding tert-OH is 1. The van der Waals surface area contributed by atoms with Crippen LogP contribution in [0.25, 0.3) is 0 Å². The van der Waals surface area contributed by atoms with E-state index in [1.165, 1.54) is 18.5 Å². The molecule has 4 N–H and O–H groups in total. The number of aliphatic hydroxyl groups is 1. The molecule has 1 saturated carbocycles. The Morgan fingerprint density at radius 1 is 1.28 bits per heavy atom. The summed E-state index contributed by atoms with van der Waals surface area (Å²) in [6, 6.07) is 4.83. The molecular formula is C24H30F4N6O2. The van der Waals surface area contributed by atoms with Crippen LogP contribution in [0.2, 0.25) is 0 Å². The number of nitrogens with two attached hydrogens (primary N) is 1. The minimum absolute atomic E-state index is 0.00608. The zero-order valence-corrected chi connectivity index (χ0v) is 19.9. The van der Waals surface area contributed by atoms with E-state index in [1.54, 1.807) is 9.80 Å². The molecule has 1 aliphatic heterocycles. The van der Waals surface area contributed by atoms with Gasteiger partial charge in [0.05, 0.1) is 18.2 Å². The summed E-state index contributed by atoms with van der Waals surface area (Å²) in [6.07, 6.45) is -1.69. The molecule has 1 aliphatic carbocycles. The Bertz CT molecular complexity index is 1080. The summed E-state index contributed by atoms with van der Waals surface area (Å²) in [6.45, 7) is 3.39. The summed E-state index contributed by atoms with van der Waals surface area (Å²) >= 11 is 0. The normalized spacial score (nSPS) is 21.7. The van der Waals surface area contributed by atoms with Gasteiger partial charge in [-0.15, -0.1) is 0 Å². The number of hydrogen-bond acceptors (Lipinski definition) is 7. The molecule has 2 aliphatic rings. The number of nitrogens with one attached hydrogen (secondary N) is 1. The third kappa shape index (κ3) is 6.04. The van der Waals surface area contributed by atoms with Gasteiger partial charge in [-0.3, -0.25) is 9.69 Å². The van der Waals surface area contributed by atoms with Crippen LogP contribution in [0.1, 0.15) is 37.3 Å². The van der Waals surface area contributed by atoms with E-state index in [2.05, 4.69) is 15.3 Å². The number of benzene rings is 1. The van der Waals surface area contributed by atoms with Gasteiger partial charge in [-0.25, -0.2) is 9.97 Å². The molecule has 1 aromatic heterocycles. The van der Waals surface area contributed by atoms with Crippen molar-refractivity contribution in [2.24, 2.45) is 11.7 Å². The zero-order chi connectivity index (χ0) is 26.1. The molecule has 196 valence electrons. The lowest BCUT2D eigenvalue weighted by Gasteiger charge is -2.35. The smallest absolute Gasteiger partial charge is 0.391 e. The fourth-order valence-electron chi connectivity index (χ4n) is 4.50. The minimum Gasteiger partial charge on any atom is -0.391 e. The number of hydrogen-bond donors (Lipinski definition) is 3. The Morgan fingerprint density at radius 3 is 2.56 bits per heavy atom. The Kier molecular flexibility index (Phi) is 7.37. The van der Waals surface area contributed by atoms with E-state index in [1.807, 2.05) is 6.92 Å². The lowest BCUT2D eigenvalue weighted by Crippen LogP contribution is -2.48. The van der Waals surface area contributed by atoms with E-state index in [-0.39, 0.29) is 42.7 Å². The number of rotatable bonds is 9. The second kappa shape index (κ2) is 10.2. The highest BCUT2D eigenvalue weighted by molar-refractivity contribution is 5.75. The largest absolute Gasteiger partial charge is 0.416 e. The van der Waals surface area contributed by atoms with Crippen molar-refractivity contribution in [1.29, 1.82) is 0 Å². The van der Waals surface area contributed by atoms with Crippen molar-refractivity contribution >= 4 is 17.5 Å². The highest BCUT2D eigenvalue weighted by Crippen LogP contribution is 2.45. The van der Waals surface area contributed by atoms with Crippen molar-refractivity contribution in [1.82, 2.24) is 14.9 Å². The van der Waals surface area contributed by atoms with Gasteiger partial charge in [0.25, 0.3) is 0 Å². The highest BCUT2D eigenvalue weighted by atomic mass is 19.4. The number of amides is 1. The first kappa shape index (κ1) is 26.1. The van der Waals surface area contributed by atoms with Gasteiger partial charge in [0, 0.05) is 31.1 Å². The van der Waals surface area contributed by atoms with E-state index in [0.29, 0.717) is 25.1 Å². The second-order valence-corrected chi connectivity index (χ2v) is 9.84. The highest BCUT2D eigenvalue weighted by Gasteiger charge is 2.45. The summed E-state index contributed by atoms with van der Waals surface area (Å²) in [4.78, 5) is 22.9. The number of nitrogens with zero attached hydrogens (tertiary/aromatic N) is 4. The molecule has 2 aromatic rings. The number of alkyl halides is 3. The van der Waals surface area contributed by atoms with Crippen LogP contribution >= 0.6 is 0 Å². The first-order chi connectivity index (χ1) is 17.0. The molecule has 8 nitrogen and oxygen atoms in total. The molecule has 2 atom stereocenters. The Balaban J connectivity index is 1.46. The van der Waals surface area contributed by atoms with Gasteiger partial charge in [-0.05, 0) is 50.4 Å². The van der Waals surface area contributed by atoms with E-state index in [4.69, 9.17) is 5.73 Å². The predicted molar refractivity (Wildman–Crippen MR) is 125 cm³/mol. The Hall–Kier alpha value is -2.99. The van der Waals surface area contributed by atoms with Crippen LogP contribution in [0.15, 0.2) is 30.6 Å². The summed E-state index contributed by atoms with van der Waals surface area (Å²) in [5.41, 5.74) is 4.73. The number of primary amides is 1. The second-order valence-electron chi connectivity index (χ2n) is 9.84. The number of β-amino-alcohol motifs (C(OH)–C–C–N with tert-alkyl or cyclic N) is 1. The van der Waals surface area contributed by atoms with Crippen LogP contribution in [0.5, 0.6) is 0 Å². The molecular weight excluding hydrogens is 480 g/mol. The minimum atomic E-state index is -4.42. The SMILES string of the molecule is CC1(N(Cc2ccc(C(F)(F)F)cc2)c2ncnc(NC[C@@H]3CCN(CC(N)=O)C[C@H]3O)c2F)CC1. The van der Waals surface area contributed by atoms with Crippen molar-refractivity contribution in [2.75, 3.05) is 36.4 Å². The molecule has 1 aromatic carbocycles. The van der Waals surface area contributed by atoms with E-state index >= 15 is 4.39 Å². The third-order valence-electron chi connectivity index (χ3n) is 6.99. The van der Waals surface area contributed by atoms with E-state index in [9.17, 15) is 23.1 Å². The van der Waals surface area contributed by atoms with Gasteiger partial charge in [0.1, 0.15) is 6.33 Å². The van der Waals surface area contributed by atoms with Gasteiger partial charge < -0.3 is 21.1 Å². The van der Waals surface area contributed by atoms with Gasteiger partial charge in [-0.2, -0.15) is 17.6 Å². The van der Waals surface area contributed by atoms with Gasteiger partial charge in [-0.1, -0.05) is 12.1 Å². The molecule has 4 rings (SSSR count). The Morgan fingerprint density at radius 2 is 1.97 bits per heavy atom. The van der Waals surface area contributed by atoms with Crippen LogP contribution in [-0.2, 0) is 17.5 Å². The lowest BCUT2D eigenvalue weighted by molar-refractivity contribution is -0.137. The maximum Gasteiger partial charge on any atom is 0.416 e. The standard InChI is InChI=1S/C24H30F4N6O2/c1-23(7-8-23)34(11-15-2-4-17(5-3-15)24(26,27)28)22-20(25)21(31-14-32-22)30-10-16-6-9-33(12-18(16)35)13-19(29)36/h2-5,14,16,18,35H,6-13H2,1H3,(H2,29,36)(H,30,31,32)/t16-,18+/m0/s1. The number of aromatic nitrogens is 2. The Labute approximate surface area is 206 Å². The number of likely N-dealkylation sites (tertiary alicyclic amines) is 1. The first-order valence-corrected chi connectivity index (χ1v) is 11.8. The monoisotopic (exact) mass is 510 g/mol. The van der Waals surface area contributed by atoms with Crippen LogP contribution in [0.3, 0.4) is 0 Å². The van der Waals surface area contributed by atoms with Gasteiger partial charge in [0.15, 0.2) is 11.6 Å². The van der Waals surface area contributed by atoms with Crippen molar-refractivity contribution < 1.29 is 27.5 Å². The number of carbonyl (C=O) groups excluding carboxylic acids is 1. The van der Waals surface area contributed by atoms with E-state index in [0.717, 1.165) is 25.0 Å². The van der Waals surface area contributed by atoms with Gasteiger partial charge in [0.2, 0.25) is 11.7 Å². The molecule has 1 saturated heterocycles. The topological polar surface area (TPSA) is 108 Å². The third-order valence-corrected chi connectivity index (χ3v) is 6.99. The molecule has 0 spiro atoms. The fourth-order valence-corrected chi connectivity index (χ4v) is 4.50. The van der Waals surface area contributed by atoms with Crippen LogP contribution in [0.4, 0.5) is 29.2 Å². The maximum absolute atomic E-state index is 15.6. The average molecular weight is 511 g/mol. The van der Waals surface area contributed by atoms with E-state index < -0.39 is 29.6 Å². The molecule has 2 fully saturated rings. The quantitative estimate of drug-likeness (QED) is 0.446. The van der Waals surface area contributed by atoms with Crippen molar-refractivity contribution in [3.05, 3.63) is 47.5 Å². The molecule has 1 amide bonds. The molecule has 0 bridgehead atoms. The molecule has 0 unspecified atom stereocenters. The summed E-state index contributed by atoms with van der Waals surface area (Å²) in [5.74, 6) is -1.22. The number of piperidine rings is 1. The zero-order valence-electron chi connectivity index (χ0n) is 19.9. The van der Waals surface area contributed by atoms with Crippen LogP contribution in [-0.4, -0.2) is 63.7 Å². The molecule has 2 heterocycles. The summed E-state index contributed by atoms with van der Waals surface area (Å²) < 4.78 is 54.3. The lowest BCUT2D eigenvalue weighted by atomic mass is 9.93. The van der Waals surface area contributed by atoms with Gasteiger partial charge >= 0.3 is 6.18 Å². The number of carbonyl (C=O) groups is 1. The molecule has 36 heavy (non-hydrogen) atoms. The van der Waals surface area contributed by atoms with Crippen LogP contribution in [0, 0.1) is 11.7 Å². The molecule has 12 heteroatoms. The maximum atomic E-state index is 15.6. The van der Waals surface area contributed by atoms with Crippen molar-refractivity contribution in [3.8, 4) is 0 Å². The number of halogens is 4. The van der Waals surface area contributed by atoms with Crippen molar-refractivity contribution in [2.45, 2.75) is 50.6 Å². The summed E-state index contributed by atoms with van der Waals surface area (Å²) in [5, 5.41) is 13.4. The first-order valence-electron chi connectivity index (χ1n) is 11.8. The summed E-state index contributed by atoms with van der Waals surface area (Å²) in [7, 11) is 0. The van der Waals surface area contributed by atoms with Crippen LogP contribution < -0.4 is 16.0 Å². The predicted octanol–water partition coefficient (Wildman–Crippen LogP) is 2.77. The number of anilines is 2. The fraction of sp³-hybridized carbons (Fsp3) is 0.542. The average Bonchev–Trinajstić information content (AvgIpc) is 3.55.